The number of halogens is 1. The molecule has 0 saturated carbocycles. The van der Waals surface area contributed by atoms with Gasteiger partial charge in [0.15, 0.2) is 0 Å². The molecule has 0 unspecified atom stereocenters. The van der Waals surface area contributed by atoms with Crippen LogP contribution in [0, 0.1) is 0 Å². The number of carbonyl (C=O) groups excluding carboxylic acids is 1. The van der Waals surface area contributed by atoms with Gasteiger partial charge in [0.2, 0.25) is 0 Å². The molecule has 1 aromatic heterocycles. The summed E-state index contributed by atoms with van der Waals surface area (Å²) in [7, 11) is 3.64. The van der Waals surface area contributed by atoms with Crippen molar-refractivity contribution in [3.63, 3.8) is 0 Å². The number of ether oxygens (including phenoxy) is 1. The van der Waals surface area contributed by atoms with Crippen LogP contribution in [0.3, 0.4) is 0 Å². The van der Waals surface area contributed by atoms with Crippen LogP contribution in [-0.4, -0.2) is 27.6 Å². The molecule has 0 saturated heterocycles. The molecule has 0 radical (unpaired) electrons. The first-order valence-corrected chi connectivity index (χ1v) is 8.60. The first-order valence-electron chi connectivity index (χ1n) is 8.22. The van der Waals surface area contributed by atoms with Crippen LogP contribution in [0.15, 0.2) is 60.8 Å². The maximum atomic E-state index is 12.7. The van der Waals surface area contributed by atoms with Crippen molar-refractivity contribution in [2.75, 3.05) is 7.05 Å². The van der Waals surface area contributed by atoms with Gasteiger partial charge in [-0.15, -0.1) is 0 Å². The van der Waals surface area contributed by atoms with E-state index < -0.39 is 0 Å². The first-order chi connectivity index (χ1) is 12.5. The summed E-state index contributed by atoms with van der Waals surface area (Å²) in [6.45, 7) is 0.867. The summed E-state index contributed by atoms with van der Waals surface area (Å²) in [5.74, 6) is 0.651. The minimum absolute atomic E-state index is 0.0456. The highest BCUT2D eigenvalue weighted by atomic mass is 35.5. The molecule has 26 heavy (non-hydrogen) atoms. The normalized spacial score (nSPS) is 10.6. The Morgan fingerprint density at radius 2 is 2.00 bits per heavy atom. The third kappa shape index (κ3) is 4.43. The van der Waals surface area contributed by atoms with Gasteiger partial charge >= 0.3 is 0 Å². The van der Waals surface area contributed by atoms with Crippen LogP contribution in [0.4, 0.5) is 0 Å². The van der Waals surface area contributed by atoms with E-state index in [4.69, 9.17) is 16.3 Å². The maximum Gasteiger partial charge on any atom is 0.253 e. The van der Waals surface area contributed by atoms with Crippen LogP contribution < -0.4 is 4.74 Å². The number of aromatic nitrogens is 2. The fourth-order valence-corrected chi connectivity index (χ4v) is 2.79. The molecular weight excluding hydrogens is 350 g/mol. The predicted octanol–water partition coefficient (Wildman–Crippen LogP) is 3.92. The van der Waals surface area contributed by atoms with Crippen molar-refractivity contribution < 1.29 is 9.53 Å². The molecule has 0 atom stereocenters. The summed E-state index contributed by atoms with van der Waals surface area (Å²) in [5, 5.41) is 4.76. The van der Waals surface area contributed by atoms with Crippen molar-refractivity contribution in [2.45, 2.75) is 13.2 Å². The number of aryl methyl sites for hydroxylation is 1. The van der Waals surface area contributed by atoms with Gasteiger partial charge in [0.1, 0.15) is 12.4 Å². The van der Waals surface area contributed by atoms with Gasteiger partial charge in [-0.1, -0.05) is 29.8 Å². The molecule has 1 heterocycles. The second-order valence-corrected chi connectivity index (χ2v) is 6.49. The zero-order valence-electron chi connectivity index (χ0n) is 14.7. The van der Waals surface area contributed by atoms with Crippen LogP contribution in [0.25, 0.3) is 0 Å². The van der Waals surface area contributed by atoms with Crippen molar-refractivity contribution in [3.05, 3.63) is 82.6 Å². The molecule has 2 aromatic carbocycles. The average molecular weight is 370 g/mol. The number of hydrogen-bond acceptors (Lipinski definition) is 3. The fraction of sp³-hybridized carbons (Fsp3) is 0.200. The molecule has 0 aliphatic heterocycles. The van der Waals surface area contributed by atoms with Gasteiger partial charge in [-0.05, 0) is 42.0 Å². The summed E-state index contributed by atoms with van der Waals surface area (Å²) in [6, 6.07) is 16.6. The predicted molar refractivity (Wildman–Crippen MR) is 101 cm³/mol. The van der Waals surface area contributed by atoms with E-state index in [0.717, 1.165) is 11.3 Å². The summed E-state index contributed by atoms with van der Waals surface area (Å²) >= 11 is 5.96. The molecule has 0 aliphatic rings. The molecule has 0 N–H and O–H groups in total. The summed E-state index contributed by atoms with van der Waals surface area (Å²) < 4.78 is 7.51. The van der Waals surface area contributed by atoms with E-state index >= 15 is 0 Å². The van der Waals surface area contributed by atoms with Gasteiger partial charge in [0, 0.05) is 30.9 Å². The largest absolute Gasteiger partial charge is 0.489 e. The third-order valence-corrected chi connectivity index (χ3v) is 4.28. The second-order valence-electron chi connectivity index (χ2n) is 6.05. The van der Waals surface area contributed by atoms with Crippen LogP contribution in [0.1, 0.15) is 21.6 Å². The summed E-state index contributed by atoms with van der Waals surface area (Å²) in [4.78, 5) is 14.4. The van der Waals surface area contributed by atoms with Crippen molar-refractivity contribution in [1.29, 1.82) is 0 Å². The molecule has 1 amide bonds. The Kier molecular flexibility index (Phi) is 5.58. The number of nitrogens with zero attached hydrogens (tertiary/aromatic N) is 3. The third-order valence-electron chi connectivity index (χ3n) is 4.04. The maximum absolute atomic E-state index is 12.7. The minimum Gasteiger partial charge on any atom is -0.489 e. The van der Waals surface area contributed by atoms with Crippen molar-refractivity contribution in [3.8, 4) is 5.75 Å². The molecule has 0 bridgehead atoms. The SMILES string of the molecule is CN(Cc1ccnn1C)C(=O)c1cccc(COc2cccc(Cl)c2)c1. The molecule has 0 aliphatic carbocycles. The van der Waals surface area contributed by atoms with Crippen LogP contribution >= 0.6 is 11.6 Å². The topological polar surface area (TPSA) is 47.4 Å². The summed E-state index contributed by atoms with van der Waals surface area (Å²) in [5.41, 5.74) is 2.52. The highest BCUT2D eigenvalue weighted by Gasteiger charge is 2.14. The molecule has 3 rings (SSSR count). The molecule has 5 nitrogen and oxygen atoms in total. The molecule has 3 aromatic rings. The molecular formula is C20H20ClN3O2. The van der Waals surface area contributed by atoms with E-state index in [1.807, 2.05) is 49.5 Å². The van der Waals surface area contributed by atoms with Gasteiger partial charge < -0.3 is 9.64 Å². The number of amides is 1. The van der Waals surface area contributed by atoms with E-state index in [1.165, 1.54) is 0 Å². The zero-order chi connectivity index (χ0) is 18.5. The zero-order valence-corrected chi connectivity index (χ0v) is 15.5. The fourth-order valence-electron chi connectivity index (χ4n) is 2.61. The van der Waals surface area contributed by atoms with Crippen LogP contribution in [-0.2, 0) is 20.2 Å². The number of benzene rings is 2. The van der Waals surface area contributed by atoms with Gasteiger partial charge in [0.25, 0.3) is 5.91 Å². The highest BCUT2D eigenvalue weighted by molar-refractivity contribution is 6.30. The van der Waals surface area contributed by atoms with Crippen molar-refractivity contribution in [2.24, 2.45) is 7.05 Å². The van der Waals surface area contributed by atoms with E-state index in [9.17, 15) is 4.79 Å². The van der Waals surface area contributed by atoms with Gasteiger partial charge in [-0.3, -0.25) is 9.48 Å². The Morgan fingerprint density at radius 3 is 2.73 bits per heavy atom. The van der Waals surface area contributed by atoms with E-state index in [-0.39, 0.29) is 5.91 Å². The Morgan fingerprint density at radius 1 is 1.19 bits per heavy atom. The number of rotatable bonds is 6. The Bertz CT molecular complexity index is 907. The molecule has 0 spiro atoms. The van der Waals surface area contributed by atoms with Crippen molar-refractivity contribution >= 4 is 17.5 Å². The lowest BCUT2D eigenvalue weighted by atomic mass is 10.1. The van der Waals surface area contributed by atoms with Gasteiger partial charge in [0.05, 0.1) is 12.2 Å². The van der Waals surface area contributed by atoms with E-state index in [2.05, 4.69) is 5.10 Å². The monoisotopic (exact) mass is 369 g/mol. The average Bonchev–Trinajstić information content (AvgIpc) is 3.04. The first kappa shape index (κ1) is 18.0. The Labute approximate surface area is 157 Å². The Hall–Kier alpha value is -2.79. The standard InChI is InChI=1S/C20H20ClN3O2/c1-23(13-18-9-10-22-24(18)2)20(25)16-6-3-5-15(11-16)14-26-19-8-4-7-17(21)12-19/h3-12H,13-14H2,1-2H3. The molecule has 134 valence electrons. The second kappa shape index (κ2) is 8.06. The van der Waals surface area contributed by atoms with Gasteiger partial charge in [-0.2, -0.15) is 5.10 Å². The lowest BCUT2D eigenvalue weighted by Crippen LogP contribution is -2.27. The number of hydrogen-bond donors (Lipinski definition) is 0. The lowest BCUT2D eigenvalue weighted by Gasteiger charge is -2.17. The minimum atomic E-state index is -0.0456. The van der Waals surface area contributed by atoms with E-state index in [0.29, 0.717) is 29.5 Å². The lowest BCUT2D eigenvalue weighted by molar-refractivity contribution is 0.0782. The van der Waals surface area contributed by atoms with Crippen LogP contribution in [0.2, 0.25) is 5.02 Å². The smallest absolute Gasteiger partial charge is 0.253 e. The highest BCUT2D eigenvalue weighted by Crippen LogP contribution is 2.19. The van der Waals surface area contributed by atoms with E-state index in [1.54, 1.807) is 35.0 Å². The molecule has 6 heteroatoms. The van der Waals surface area contributed by atoms with Crippen LogP contribution in [0.5, 0.6) is 5.75 Å². The quantitative estimate of drug-likeness (QED) is 0.661. The Balaban J connectivity index is 1.66. The molecule has 0 fully saturated rings. The summed E-state index contributed by atoms with van der Waals surface area (Å²) in [6.07, 6.45) is 1.72. The van der Waals surface area contributed by atoms with Crippen molar-refractivity contribution in [1.82, 2.24) is 14.7 Å². The van der Waals surface area contributed by atoms with Gasteiger partial charge in [-0.25, -0.2) is 0 Å². The number of carbonyl (C=O) groups is 1.